The molecule has 2 rings (SSSR count). The molecular formula is C16H13Cl2N3O3S2. The van der Waals surface area contributed by atoms with Gasteiger partial charge in [0.15, 0.2) is 10.0 Å². The topological polar surface area (TPSA) is 91.1 Å². The van der Waals surface area contributed by atoms with Gasteiger partial charge in [-0.25, -0.2) is 13.4 Å². The number of anilines is 1. The first-order chi connectivity index (χ1) is 12.2. The van der Waals surface area contributed by atoms with Gasteiger partial charge < -0.3 is 0 Å². The largest absolute Gasteiger partial charge is 0.289 e. The van der Waals surface area contributed by atoms with Crippen LogP contribution < -0.4 is 4.90 Å². The number of thiazole rings is 1. The Bertz CT molecular complexity index is 1020. The fraction of sp³-hybridized carbons (Fsp3) is 0.188. The lowest BCUT2D eigenvalue weighted by molar-refractivity contribution is -0.116. The third-order valence-corrected chi connectivity index (χ3v) is 6.56. The molecule has 1 aromatic carbocycles. The van der Waals surface area contributed by atoms with Crippen LogP contribution in [0, 0.1) is 11.3 Å². The average Bonchev–Trinajstić information content (AvgIpc) is 3.03. The van der Waals surface area contributed by atoms with Crippen LogP contribution >= 0.6 is 34.5 Å². The van der Waals surface area contributed by atoms with Crippen molar-refractivity contribution in [2.24, 2.45) is 0 Å². The molecule has 0 atom stereocenters. The molecule has 6 nitrogen and oxygen atoms in total. The van der Waals surface area contributed by atoms with Gasteiger partial charge in [0.2, 0.25) is 15.7 Å². The van der Waals surface area contributed by atoms with Gasteiger partial charge in [0, 0.05) is 23.9 Å². The Morgan fingerprint density at radius 1 is 1.42 bits per heavy atom. The highest BCUT2D eigenvalue weighted by Gasteiger charge is 2.25. The predicted molar refractivity (Wildman–Crippen MR) is 103 cm³/mol. The first-order valence-electron chi connectivity index (χ1n) is 7.26. The van der Waals surface area contributed by atoms with Gasteiger partial charge in [0.1, 0.15) is 6.07 Å². The number of hydrogen-bond acceptors (Lipinski definition) is 6. The third kappa shape index (κ3) is 4.24. The van der Waals surface area contributed by atoms with Crippen molar-refractivity contribution in [3.8, 4) is 6.07 Å². The molecule has 0 N–H and O–H groups in total. The van der Waals surface area contributed by atoms with E-state index in [4.69, 9.17) is 23.2 Å². The van der Waals surface area contributed by atoms with Gasteiger partial charge in [-0.15, -0.1) is 11.3 Å². The number of carbonyl (C=O) groups excluding carboxylic acids is 1. The molecule has 1 heterocycles. The van der Waals surface area contributed by atoms with Crippen molar-refractivity contribution in [2.75, 3.05) is 11.4 Å². The Hall–Kier alpha value is -1.92. The van der Waals surface area contributed by atoms with Gasteiger partial charge in [0.05, 0.1) is 15.6 Å². The number of aromatic nitrogens is 1. The number of allylic oxidation sites excluding steroid dienone is 1. The molecule has 0 aliphatic heterocycles. The number of nitriles is 1. The highest BCUT2D eigenvalue weighted by atomic mass is 35.5. The van der Waals surface area contributed by atoms with E-state index in [0.29, 0.717) is 11.7 Å². The monoisotopic (exact) mass is 429 g/mol. The van der Waals surface area contributed by atoms with Gasteiger partial charge in [0.25, 0.3) is 0 Å². The highest BCUT2D eigenvalue weighted by molar-refractivity contribution is 7.95. The maximum atomic E-state index is 12.7. The molecule has 26 heavy (non-hydrogen) atoms. The Balaban J connectivity index is 2.49. The van der Waals surface area contributed by atoms with Gasteiger partial charge in [-0.1, -0.05) is 23.2 Å². The first-order valence-corrected chi connectivity index (χ1v) is 10.4. The van der Waals surface area contributed by atoms with E-state index in [1.807, 2.05) is 0 Å². The van der Waals surface area contributed by atoms with E-state index in [0.717, 1.165) is 6.08 Å². The number of carbonyl (C=O) groups is 1. The van der Waals surface area contributed by atoms with Gasteiger partial charge in [-0.05, 0) is 31.2 Å². The average molecular weight is 430 g/mol. The van der Waals surface area contributed by atoms with Crippen LogP contribution in [0.4, 0.5) is 5.13 Å². The van der Waals surface area contributed by atoms with Crippen molar-refractivity contribution in [3.05, 3.63) is 44.2 Å². The molecule has 1 amide bonds. The molecule has 0 saturated heterocycles. The predicted octanol–water partition coefficient (Wildman–Crippen LogP) is 4.16. The normalized spacial score (nSPS) is 11.9. The summed E-state index contributed by atoms with van der Waals surface area (Å²) in [6.07, 6.45) is 1.14. The number of rotatable bonds is 5. The van der Waals surface area contributed by atoms with E-state index in [-0.39, 0.29) is 26.5 Å². The van der Waals surface area contributed by atoms with Crippen LogP contribution in [-0.2, 0) is 14.6 Å². The van der Waals surface area contributed by atoms with E-state index >= 15 is 0 Å². The van der Waals surface area contributed by atoms with Crippen LogP contribution in [0.5, 0.6) is 0 Å². The minimum Gasteiger partial charge on any atom is -0.289 e. The number of benzene rings is 1. The molecule has 2 aromatic rings. The van der Waals surface area contributed by atoms with E-state index in [9.17, 15) is 18.5 Å². The molecule has 1 aromatic heterocycles. The maximum Gasteiger partial charge on any atom is 0.225 e. The van der Waals surface area contributed by atoms with Crippen LogP contribution in [0.3, 0.4) is 0 Å². The maximum absolute atomic E-state index is 12.7. The van der Waals surface area contributed by atoms with Crippen LogP contribution in [0.25, 0.3) is 6.08 Å². The number of halogens is 2. The Kier molecular flexibility index (Phi) is 6.42. The molecular weight excluding hydrogens is 417 g/mol. The van der Waals surface area contributed by atoms with E-state index in [1.54, 1.807) is 18.4 Å². The molecule has 0 aliphatic rings. The zero-order chi connectivity index (χ0) is 19.5. The number of nitrogens with zero attached hydrogens (tertiary/aromatic N) is 3. The highest BCUT2D eigenvalue weighted by Crippen LogP contribution is 2.31. The zero-order valence-electron chi connectivity index (χ0n) is 13.7. The van der Waals surface area contributed by atoms with E-state index in [2.05, 4.69) is 4.98 Å². The van der Waals surface area contributed by atoms with Crippen molar-refractivity contribution in [1.82, 2.24) is 4.98 Å². The molecule has 0 aliphatic carbocycles. The minimum absolute atomic E-state index is 0.0387. The quantitative estimate of drug-likeness (QED) is 0.665. The third-order valence-electron chi connectivity index (χ3n) is 3.30. The van der Waals surface area contributed by atoms with Crippen LogP contribution in [0.1, 0.15) is 19.5 Å². The summed E-state index contributed by atoms with van der Waals surface area (Å²) in [5.41, 5.74) is 0.253. The molecule has 136 valence electrons. The SMILES string of the molecule is CCN(C(C)=O)c1nc(C=C(C#N)S(=O)(=O)c2cc(Cl)ccc2Cl)cs1. The Morgan fingerprint density at radius 3 is 2.69 bits per heavy atom. The second kappa shape index (κ2) is 8.18. The molecule has 0 fully saturated rings. The van der Waals surface area contributed by atoms with Crippen molar-refractivity contribution >= 4 is 61.5 Å². The number of amides is 1. The summed E-state index contributed by atoms with van der Waals surface area (Å²) in [5, 5.41) is 11.5. The van der Waals surface area contributed by atoms with Gasteiger partial charge in [-0.3, -0.25) is 9.69 Å². The minimum atomic E-state index is -4.17. The summed E-state index contributed by atoms with van der Waals surface area (Å²) in [6.45, 7) is 3.63. The van der Waals surface area contributed by atoms with E-state index in [1.165, 1.54) is 41.4 Å². The van der Waals surface area contributed by atoms with Crippen LogP contribution in [0.15, 0.2) is 33.4 Å². The lowest BCUT2D eigenvalue weighted by atomic mass is 10.4. The molecule has 0 saturated carbocycles. The first kappa shape index (κ1) is 20.4. The number of hydrogen-bond donors (Lipinski definition) is 0. The lowest BCUT2D eigenvalue weighted by Gasteiger charge is -2.14. The van der Waals surface area contributed by atoms with Crippen LogP contribution in [-0.4, -0.2) is 25.9 Å². The second-order valence-corrected chi connectivity index (χ2v) is 8.58. The summed E-state index contributed by atoms with van der Waals surface area (Å²) in [4.78, 5) is 16.5. The number of sulfone groups is 1. The summed E-state index contributed by atoms with van der Waals surface area (Å²) in [6, 6.07) is 5.65. The summed E-state index contributed by atoms with van der Waals surface area (Å²) in [7, 11) is -4.17. The van der Waals surface area contributed by atoms with Gasteiger partial charge >= 0.3 is 0 Å². The zero-order valence-corrected chi connectivity index (χ0v) is 16.9. The summed E-state index contributed by atoms with van der Waals surface area (Å²) < 4.78 is 25.4. The smallest absolute Gasteiger partial charge is 0.225 e. The van der Waals surface area contributed by atoms with Crippen molar-refractivity contribution in [3.63, 3.8) is 0 Å². The fourth-order valence-corrected chi connectivity index (χ4v) is 4.85. The molecule has 0 radical (unpaired) electrons. The van der Waals surface area contributed by atoms with Gasteiger partial charge in [-0.2, -0.15) is 5.26 Å². The molecule has 0 spiro atoms. The van der Waals surface area contributed by atoms with E-state index < -0.39 is 14.7 Å². The second-order valence-electron chi connectivity index (χ2n) is 5.02. The fourth-order valence-electron chi connectivity index (χ4n) is 2.06. The summed E-state index contributed by atoms with van der Waals surface area (Å²) in [5.74, 6) is -0.184. The van der Waals surface area contributed by atoms with Crippen LogP contribution in [0.2, 0.25) is 10.0 Å². The molecule has 10 heteroatoms. The Morgan fingerprint density at radius 2 is 2.12 bits per heavy atom. The lowest BCUT2D eigenvalue weighted by Crippen LogP contribution is -2.27. The van der Waals surface area contributed by atoms with Crippen molar-refractivity contribution in [2.45, 2.75) is 18.7 Å². The standard InChI is InChI=1S/C16H13Cl2N3O3S2/c1-3-21(10(2)22)16-20-12(9-25-16)7-13(8-19)26(23,24)15-6-11(17)4-5-14(15)18/h4-7,9H,3H2,1-2H3. The van der Waals surface area contributed by atoms with Crippen molar-refractivity contribution < 1.29 is 13.2 Å². The molecule has 0 bridgehead atoms. The Labute approximate surface area is 165 Å². The summed E-state index contributed by atoms with van der Waals surface area (Å²) >= 11 is 13.0. The molecule has 0 unspecified atom stereocenters. The van der Waals surface area contributed by atoms with Crippen molar-refractivity contribution in [1.29, 1.82) is 5.26 Å².